The second-order valence-electron chi connectivity index (χ2n) is 4.98. The molecule has 2 aromatic rings. The molecule has 24 heavy (non-hydrogen) atoms. The summed E-state index contributed by atoms with van der Waals surface area (Å²) in [6.45, 7) is 2.75. The summed E-state index contributed by atoms with van der Waals surface area (Å²) in [6.07, 6.45) is 0. The first-order chi connectivity index (χ1) is 11.5. The maximum atomic E-state index is 11.8. The minimum atomic E-state index is -0.300. The summed E-state index contributed by atoms with van der Waals surface area (Å²) >= 11 is 6.09. The second kappa shape index (κ2) is 8.47. The van der Waals surface area contributed by atoms with Crippen LogP contribution in [-0.4, -0.2) is 43.5 Å². The summed E-state index contributed by atoms with van der Waals surface area (Å²) in [5.74, 6) is 0.781. The van der Waals surface area contributed by atoms with Crippen LogP contribution in [0, 0.1) is 6.92 Å². The number of nitrogens with one attached hydrogen (secondary N) is 2. The van der Waals surface area contributed by atoms with Gasteiger partial charge in [0.1, 0.15) is 5.75 Å². The SMILES string of the molecule is COCCNC(=O)c1ccc(Nc2cc(C)c(Cl)cc2OC)nn1. The zero-order chi connectivity index (χ0) is 17.5. The molecule has 2 rings (SSSR count). The molecule has 0 aliphatic rings. The minimum absolute atomic E-state index is 0.232. The average molecular weight is 351 g/mol. The standard InChI is InChI=1S/C16H19ClN4O3/c1-10-8-13(14(24-3)9-11(10)17)19-15-5-4-12(20-21-15)16(22)18-6-7-23-2/h4-5,8-9H,6-7H2,1-3H3,(H,18,22)(H,19,21). The smallest absolute Gasteiger partial charge is 0.271 e. The van der Waals surface area contributed by atoms with Crippen LogP contribution in [0.15, 0.2) is 24.3 Å². The number of halogens is 1. The first-order valence-electron chi connectivity index (χ1n) is 7.27. The number of rotatable bonds is 7. The fourth-order valence-electron chi connectivity index (χ4n) is 1.95. The molecule has 0 unspecified atom stereocenters. The molecular formula is C16H19ClN4O3. The topological polar surface area (TPSA) is 85.4 Å². The van der Waals surface area contributed by atoms with E-state index in [0.29, 0.717) is 35.4 Å². The van der Waals surface area contributed by atoms with Crippen LogP contribution in [0.2, 0.25) is 5.02 Å². The molecule has 128 valence electrons. The third-order valence-electron chi connectivity index (χ3n) is 3.23. The monoisotopic (exact) mass is 350 g/mol. The van der Waals surface area contributed by atoms with Gasteiger partial charge in [-0.1, -0.05) is 11.6 Å². The fourth-order valence-corrected chi connectivity index (χ4v) is 2.10. The number of benzene rings is 1. The van der Waals surface area contributed by atoms with Crippen molar-refractivity contribution in [3.63, 3.8) is 0 Å². The summed E-state index contributed by atoms with van der Waals surface area (Å²) in [6, 6.07) is 6.84. The molecule has 0 aliphatic heterocycles. The van der Waals surface area contributed by atoms with Crippen LogP contribution >= 0.6 is 11.6 Å². The lowest BCUT2D eigenvalue weighted by atomic mass is 10.2. The molecule has 0 fully saturated rings. The van der Waals surface area contributed by atoms with Crippen LogP contribution < -0.4 is 15.4 Å². The average Bonchev–Trinajstić information content (AvgIpc) is 2.58. The molecule has 1 heterocycles. The third-order valence-corrected chi connectivity index (χ3v) is 3.64. The van der Waals surface area contributed by atoms with Gasteiger partial charge in [-0.25, -0.2) is 0 Å². The van der Waals surface area contributed by atoms with Crippen molar-refractivity contribution in [2.24, 2.45) is 0 Å². The number of ether oxygens (including phenoxy) is 2. The quantitative estimate of drug-likeness (QED) is 0.746. The number of carbonyl (C=O) groups excluding carboxylic acids is 1. The molecule has 0 saturated heterocycles. The van der Waals surface area contributed by atoms with Crippen molar-refractivity contribution >= 4 is 29.0 Å². The van der Waals surface area contributed by atoms with Gasteiger partial charge in [-0.3, -0.25) is 4.79 Å². The highest BCUT2D eigenvalue weighted by molar-refractivity contribution is 6.31. The Hall–Kier alpha value is -2.38. The van der Waals surface area contributed by atoms with Crippen LogP contribution in [0.5, 0.6) is 5.75 Å². The van der Waals surface area contributed by atoms with Gasteiger partial charge in [0.15, 0.2) is 11.5 Å². The van der Waals surface area contributed by atoms with Crippen LogP contribution in [-0.2, 0) is 4.74 Å². The van der Waals surface area contributed by atoms with E-state index < -0.39 is 0 Å². The van der Waals surface area contributed by atoms with Gasteiger partial charge in [-0.15, -0.1) is 10.2 Å². The summed E-state index contributed by atoms with van der Waals surface area (Å²) in [5.41, 5.74) is 1.85. The van der Waals surface area contributed by atoms with Crippen LogP contribution in [0.25, 0.3) is 0 Å². The van der Waals surface area contributed by atoms with E-state index in [1.807, 2.05) is 13.0 Å². The summed E-state index contributed by atoms with van der Waals surface area (Å²) in [5, 5.41) is 14.3. The zero-order valence-electron chi connectivity index (χ0n) is 13.7. The van der Waals surface area contributed by atoms with Crippen molar-refractivity contribution in [1.82, 2.24) is 15.5 Å². The highest BCUT2D eigenvalue weighted by atomic mass is 35.5. The van der Waals surface area contributed by atoms with Gasteiger partial charge in [-0.2, -0.15) is 0 Å². The van der Waals surface area contributed by atoms with E-state index in [1.165, 1.54) is 0 Å². The van der Waals surface area contributed by atoms with E-state index in [0.717, 1.165) is 5.56 Å². The van der Waals surface area contributed by atoms with Crippen LogP contribution in [0.3, 0.4) is 0 Å². The molecule has 0 bridgehead atoms. The molecule has 1 aromatic carbocycles. The number of aryl methyl sites for hydroxylation is 1. The molecular weight excluding hydrogens is 332 g/mol. The molecule has 8 heteroatoms. The van der Waals surface area contributed by atoms with Crippen molar-refractivity contribution in [2.45, 2.75) is 6.92 Å². The van der Waals surface area contributed by atoms with Gasteiger partial charge in [0.05, 0.1) is 19.4 Å². The lowest BCUT2D eigenvalue weighted by Crippen LogP contribution is -2.27. The minimum Gasteiger partial charge on any atom is -0.495 e. The van der Waals surface area contributed by atoms with Gasteiger partial charge >= 0.3 is 0 Å². The van der Waals surface area contributed by atoms with Crippen molar-refractivity contribution in [3.8, 4) is 5.75 Å². The Bertz CT molecular complexity index is 707. The molecule has 0 saturated carbocycles. The number of hydrogen-bond donors (Lipinski definition) is 2. The maximum Gasteiger partial charge on any atom is 0.271 e. The molecule has 0 spiro atoms. The Kier molecular flexibility index (Phi) is 6.34. The van der Waals surface area contributed by atoms with Crippen molar-refractivity contribution in [3.05, 3.63) is 40.5 Å². The zero-order valence-corrected chi connectivity index (χ0v) is 14.5. The maximum absolute atomic E-state index is 11.8. The largest absolute Gasteiger partial charge is 0.495 e. The van der Waals surface area contributed by atoms with E-state index in [1.54, 1.807) is 32.4 Å². The van der Waals surface area contributed by atoms with Crippen molar-refractivity contribution in [1.29, 1.82) is 0 Å². The Labute approximate surface area is 145 Å². The molecule has 0 aliphatic carbocycles. The number of methoxy groups -OCH3 is 2. The van der Waals surface area contributed by atoms with E-state index in [2.05, 4.69) is 20.8 Å². The predicted octanol–water partition coefficient (Wildman–Crippen LogP) is 2.57. The normalized spacial score (nSPS) is 10.3. The first kappa shape index (κ1) is 18.0. The number of hydrogen-bond acceptors (Lipinski definition) is 6. The van der Waals surface area contributed by atoms with E-state index in [9.17, 15) is 4.79 Å². The number of amides is 1. The summed E-state index contributed by atoms with van der Waals surface area (Å²) in [4.78, 5) is 11.8. The predicted molar refractivity (Wildman–Crippen MR) is 92.3 cm³/mol. The van der Waals surface area contributed by atoms with Gasteiger partial charge < -0.3 is 20.1 Å². The fraction of sp³-hybridized carbons (Fsp3) is 0.312. The van der Waals surface area contributed by atoms with Crippen molar-refractivity contribution < 1.29 is 14.3 Å². The molecule has 2 N–H and O–H groups in total. The van der Waals surface area contributed by atoms with Crippen LogP contribution in [0.1, 0.15) is 16.1 Å². The summed E-state index contributed by atoms with van der Waals surface area (Å²) < 4.78 is 10.2. The Balaban J connectivity index is 2.09. The Morgan fingerprint density at radius 3 is 2.67 bits per heavy atom. The Morgan fingerprint density at radius 2 is 2.04 bits per heavy atom. The highest BCUT2D eigenvalue weighted by Gasteiger charge is 2.10. The number of nitrogens with zero attached hydrogens (tertiary/aromatic N) is 2. The lowest BCUT2D eigenvalue weighted by Gasteiger charge is -2.12. The summed E-state index contributed by atoms with van der Waals surface area (Å²) in [7, 11) is 3.13. The molecule has 0 radical (unpaired) electrons. The van der Waals surface area contributed by atoms with Crippen LogP contribution in [0.4, 0.5) is 11.5 Å². The third kappa shape index (κ3) is 4.56. The number of anilines is 2. The van der Waals surface area contributed by atoms with E-state index in [-0.39, 0.29) is 11.6 Å². The number of carbonyl (C=O) groups is 1. The highest BCUT2D eigenvalue weighted by Crippen LogP contribution is 2.32. The molecule has 1 amide bonds. The van der Waals surface area contributed by atoms with Gasteiger partial charge in [0.2, 0.25) is 0 Å². The molecule has 1 aromatic heterocycles. The Morgan fingerprint density at radius 1 is 1.25 bits per heavy atom. The van der Waals surface area contributed by atoms with E-state index >= 15 is 0 Å². The van der Waals surface area contributed by atoms with E-state index in [4.69, 9.17) is 21.1 Å². The molecule has 7 nitrogen and oxygen atoms in total. The van der Waals surface area contributed by atoms with Crippen molar-refractivity contribution in [2.75, 3.05) is 32.7 Å². The lowest BCUT2D eigenvalue weighted by molar-refractivity contribution is 0.0931. The molecule has 0 atom stereocenters. The number of aromatic nitrogens is 2. The first-order valence-corrected chi connectivity index (χ1v) is 7.65. The van der Waals surface area contributed by atoms with Gasteiger partial charge in [0, 0.05) is 24.7 Å². The van der Waals surface area contributed by atoms with Gasteiger partial charge in [0.25, 0.3) is 5.91 Å². The second-order valence-corrected chi connectivity index (χ2v) is 5.39. The van der Waals surface area contributed by atoms with Gasteiger partial charge in [-0.05, 0) is 30.7 Å².